The number of nitrogens with one attached hydrogen (secondary N) is 1. The lowest BCUT2D eigenvalue weighted by Crippen LogP contribution is -2.30. The van der Waals surface area contributed by atoms with Crippen LogP contribution in [0.3, 0.4) is 0 Å². The van der Waals surface area contributed by atoms with Gasteiger partial charge in [-0.15, -0.1) is 0 Å². The largest absolute Gasteiger partial charge is 0.505 e. The fourth-order valence-electron chi connectivity index (χ4n) is 1.03. The first-order valence-electron chi connectivity index (χ1n) is 4.20. The van der Waals surface area contributed by atoms with Crippen LogP contribution in [0.5, 0.6) is 5.75 Å². The summed E-state index contributed by atoms with van der Waals surface area (Å²) >= 11 is 11.1. The number of rotatable bonds is 1. The van der Waals surface area contributed by atoms with Gasteiger partial charge < -0.3 is 10.4 Å². The van der Waals surface area contributed by atoms with E-state index >= 15 is 0 Å². The van der Waals surface area contributed by atoms with Gasteiger partial charge in [0.25, 0.3) is 0 Å². The minimum atomic E-state index is -5.01. The molecular formula is C9H6Cl2F3NO2. The quantitative estimate of drug-likeness (QED) is 0.777. The summed E-state index contributed by atoms with van der Waals surface area (Å²) in [6, 6.07) is 0.988. The highest BCUT2D eigenvalue weighted by atomic mass is 35.5. The van der Waals surface area contributed by atoms with Crippen LogP contribution < -0.4 is 5.32 Å². The van der Waals surface area contributed by atoms with Crippen LogP contribution in [-0.4, -0.2) is 17.2 Å². The van der Waals surface area contributed by atoms with E-state index in [4.69, 9.17) is 23.2 Å². The Kier molecular flexibility index (Phi) is 3.78. The molecule has 0 saturated heterocycles. The van der Waals surface area contributed by atoms with Gasteiger partial charge in [-0.25, -0.2) is 0 Å². The highest BCUT2D eigenvalue weighted by Crippen LogP contribution is 2.38. The number of hydrogen-bond acceptors (Lipinski definition) is 2. The second-order valence-corrected chi connectivity index (χ2v) is 3.93. The molecule has 17 heavy (non-hydrogen) atoms. The maximum atomic E-state index is 12.0. The minimum Gasteiger partial charge on any atom is -0.505 e. The topological polar surface area (TPSA) is 49.3 Å². The standard InChI is InChI=1S/C9H6Cl2F3NO2/c1-3-5(15-8(17)9(12,13)14)2-4(10)7(16)6(3)11/h2,16H,1H3,(H,15,17). The highest BCUT2D eigenvalue weighted by Gasteiger charge is 2.39. The second kappa shape index (κ2) is 4.62. The Labute approximate surface area is 104 Å². The van der Waals surface area contributed by atoms with Crippen molar-refractivity contribution in [3.05, 3.63) is 21.7 Å². The Balaban J connectivity index is 3.13. The van der Waals surface area contributed by atoms with Gasteiger partial charge in [-0.3, -0.25) is 4.79 Å². The second-order valence-electron chi connectivity index (χ2n) is 3.15. The molecule has 0 atom stereocenters. The minimum absolute atomic E-state index is 0.0890. The highest BCUT2D eigenvalue weighted by molar-refractivity contribution is 6.38. The summed E-state index contributed by atoms with van der Waals surface area (Å²) < 4.78 is 36.1. The summed E-state index contributed by atoms with van der Waals surface area (Å²) in [5.41, 5.74) is -0.119. The number of alkyl halides is 3. The smallest absolute Gasteiger partial charge is 0.471 e. The maximum absolute atomic E-state index is 12.0. The molecule has 1 aromatic rings. The van der Waals surface area contributed by atoms with Crippen LogP contribution in [0.25, 0.3) is 0 Å². The van der Waals surface area contributed by atoms with Gasteiger partial charge in [0.1, 0.15) is 0 Å². The lowest BCUT2D eigenvalue weighted by molar-refractivity contribution is -0.167. The van der Waals surface area contributed by atoms with Gasteiger partial charge in [0.05, 0.1) is 10.0 Å². The SMILES string of the molecule is Cc1c(NC(=O)C(F)(F)F)cc(Cl)c(O)c1Cl. The first-order valence-corrected chi connectivity index (χ1v) is 4.96. The molecule has 0 radical (unpaired) electrons. The molecule has 0 heterocycles. The van der Waals surface area contributed by atoms with Crippen LogP contribution in [-0.2, 0) is 4.79 Å². The van der Waals surface area contributed by atoms with Gasteiger partial charge in [-0.2, -0.15) is 13.2 Å². The first-order chi connectivity index (χ1) is 7.64. The number of anilines is 1. The van der Waals surface area contributed by atoms with E-state index in [0.717, 1.165) is 6.07 Å². The van der Waals surface area contributed by atoms with Crippen LogP contribution in [0.15, 0.2) is 6.07 Å². The fraction of sp³-hybridized carbons (Fsp3) is 0.222. The van der Waals surface area contributed by atoms with Crippen LogP contribution in [0.2, 0.25) is 10.0 Å². The molecule has 0 aliphatic carbocycles. The van der Waals surface area contributed by atoms with Gasteiger partial charge in [0.2, 0.25) is 0 Å². The van der Waals surface area contributed by atoms with Gasteiger partial charge >= 0.3 is 12.1 Å². The van der Waals surface area contributed by atoms with Gasteiger partial charge in [0, 0.05) is 5.69 Å². The van der Waals surface area contributed by atoms with Crippen molar-refractivity contribution in [2.45, 2.75) is 13.1 Å². The molecule has 1 rings (SSSR count). The van der Waals surface area contributed by atoms with Crippen LogP contribution in [0.1, 0.15) is 5.56 Å². The zero-order chi connectivity index (χ0) is 13.4. The molecule has 0 saturated carbocycles. The normalized spacial score (nSPS) is 11.4. The number of hydrogen-bond donors (Lipinski definition) is 2. The van der Waals surface area contributed by atoms with Crippen molar-refractivity contribution in [3.8, 4) is 5.75 Å². The third-order valence-electron chi connectivity index (χ3n) is 1.94. The van der Waals surface area contributed by atoms with Crippen molar-refractivity contribution in [2.24, 2.45) is 0 Å². The molecule has 8 heteroatoms. The number of halogens is 5. The molecule has 0 bridgehead atoms. The average molecular weight is 288 g/mol. The molecule has 0 aliphatic heterocycles. The van der Waals surface area contributed by atoms with E-state index < -0.39 is 17.8 Å². The van der Waals surface area contributed by atoms with Crippen molar-refractivity contribution >= 4 is 34.8 Å². The lowest BCUT2D eigenvalue weighted by Gasteiger charge is -2.13. The van der Waals surface area contributed by atoms with Gasteiger partial charge in [0.15, 0.2) is 5.75 Å². The van der Waals surface area contributed by atoms with Crippen LogP contribution >= 0.6 is 23.2 Å². The molecule has 1 aromatic carbocycles. The summed E-state index contributed by atoms with van der Waals surface area (Å²) in [4.78, 5) is 10.7. The number of benzene rings is 1. The number of aromatic hydroxyl groups is 1. The number of phenolic OH excluding ortho intramolecular Hbond substituents is 1. The third kappa shape index (κ3) is 2.95. The van der Waals surface area contributed by atoms with E-state index in [2.05, 4.69) is 0 Å². The molecule has 0 aliphatic rings. The van der Waals surface area contributed by atoms with Crippen LogP contribution in [0, 0.1) is 6.92 Å². The Morgan fingerprint density at radius 3 is 2.41 bits per heavy atom. The predicted molar refractivity (Wildman–Crippen MR) is 57.5 cm³/mol. The van der Waals surface area contributed by atoms with E-state index in [1.165, 1.54) is 6.92 Å². The summed E-state index contributed by atoms with van der Waals surface area (Å²) in [5.74, 6) is -2.59. The molecule has 0 unspecified atom stereocenters. The van der Waals surface area contributed by atoms with Crippen molar-refractivity contribution in [1.29, 1.82) is 0 Å². The molecule has 1 amide bonds. The third-order valence-corrected chi connectivity index (χ3v) is 2.69. The molecule has 0 fully saturated rings. The monoisotopic (exact) mass is 287 g/mol. The first kappa shape index (κ1) is 13.9. The van der Waals surface area contributed by atoms with E-state index in [1.807, 2.05) is 0 Å². The van der Waals surface area contributed by atoms with E-state index in [1.54, 1.807) is 5.32 Å². The predicted octanol–water partition coefficient (Wildman–Crippen LogP) is 3.51. The number of phenols is 1. The summed E-state index contributed by atoms with van der Waals surface area (Å²) in [5, 5.41) is 10.5. The summed E-state index contributed by atoms with van der Waals surface area (Å²) in [6.45, 7) is 1.34. The van der Waals surface area contributed by atoms with Crippen LogP contribution in [0.4, 0.5) is 18.9 Å². The van der Waals surface area contributed by atoms with E-state index in [0.29, 0.717) is 0 Å². The Bertz CT molecular complexity index is 474. The number of carbonyl (C=O) groups excluding carboxylic acids is 1. The Hall–Kier alpha value is -1.14. The maximum Gasteiger partial charge on any atom is 0.471 e. The Morgan fingerprint density at radius 2 is 1.94 bits per heavy atom. The van der Waals surface area contributed by atoms with Crippen molar-refractivity contribution in [2.75, 3.05) is 5.32 Å². The van der Waals surface area contributed by atoms with Gasteiger partial charge in [-0.1, -0.05) is 23.2 Å². The molecule has 0 spiro atoms. The molecule has 0 aromatic heterocycles. The van der Waals surface area contributed by atoms with Crippen molar-refractivity contribution in [1.82, 2.24) is 0 Å². The Morgan fingerprint density at radius 1 is 1.41 bits per heavy atom. The van der Waals surface area contributed by atoms with E-state index in [9.17, 15) is 23.1 Å². The summed E-state index contributed by atoms with van der Waals surface area (Å²) in [6.07, 6.45) is -5.01. The molecule has 94 valence electrons. The number of amides is 1. The zero-order valence-electron chi connectivity index (χ0n) is 8.32. The molecule has 2 N–H and O–H groups in total. The number of carbonyl (C=O) groups is 1. The van der Waals surface area contributed by atoms with E-state index in [-0.39, 0.29) is 21.3 Å². The average Bonchev–Trinajstić information content (AvgIpc) is 2.21. The van der Waals surface area contributed by atoms with Crippen molar-refractivity contribution < 1.29 is 23.1 Å². The summed E-state index contributed by atoms with van der Waals surface area (Å²) in [7, 11) is 0. The molecule has 3 nitrogen and oxygen atoms in total. The lowest BCUT2D eigenvalue weighted by atomic mass is 10.2. The zero-order valence-corrected chi connectivity index (χ0v) is 9.83. The molecular weight excluding hydrogens is 282 g/mol. The fourth-order valence-corrected chi connectivity index (χ4v) is 1.48. The van der Waals surface area contributed by atoms with Gasteiger partial charge in [-0.05, 0) is 18.6 Å². The van der Waals surface area contributed by atoms with Crippen molar-refractivity contribution in [3.63, 3.8) is 0 Å².